The van der Waals surface area contributed by atoms with Crippen LogP contribution < -0.4 is 15.5 Å². The van der Waals surface area contributed by atoms with Crippen molar-refractivity contribution in [1.29, 1.82) is 0 Å². The fraction of sp³-hybridized carbons (Fsp3) is 0.467. The average molecular weight is 288 g/mol. The molecule has 21 heavy (non-hydrogen) atoms. The summed E-state index contributed by atoms with van der Waals surface area (Å²) >= 11 is 0. The molecule has 3 N–H and O–H groups in total. The number of amides is 3. The number of primary amides is 1. The highest BCUT2D eigenvalue weighted by Gasteiger charge is 2.31. The smallest absolute Gasteiger partial charge is 0.326 e. The van der Waals surface area contributed by atoms with Gasteiger partial charge in [-0.2, -0.15) is 0 Å². The molecule has 1 radical (unpaired) electrons. The van der Waals surface area contributed by atoms with Crippen LogP contribution in [-0.4, -0.2) is 36.7 Å². The third kappa shape index (κ3) is 2.47. The zero-order valence-corrected chi connectivity index (χ0v) is 11.7. The van der Waals surface area contributed by atoms with Gasteiger partial charge in [0, 0.05) is 31.5 Å². The normalized spacial score (nSPS) is 19.0. The second kappa shape index (κ2) is 5.37. The van der Waals surface area contributed by atoms with Crippen molar-refractivity contribution in [3.8, 4) is 0 Å². The second-order valence-electron chi connectivity index (χ2n) is 5.59. The van der Waals surface area contributed by atoms with Crippen LogP contribution in [0.4, 0.5) is 16.2 Å². The van der Waals surface area contributed by atoms with Crippen molar-refractivity contribution >= 4 is 23.3 Å². The summed E-state index contributed by atoms with van der Waals surface area (Å²) in [5.41, 5.74) is 7.53. The number of benzene rings is 1. The predicted molar refractivity (Wildman–Crippen MR) is 78.1 cm³/mol. The van der Waals surface area contributed by atoms with E-state index in [1.807, 2.05) is 6.07 Å². The molecule has 1 aromatic carbocycles. The quantitative estimate of drug-likeness (QED) is 0.837. The Bertz CT molecular complexity index is 580. The van der Waals surface area contributed by atoms with E-state index in [-0.39, 0.29) is 18.9 Å². The fourth-order valence-electron chi connectivity index (χ4n) is 3.02. The SMILES string of the molecule is NC(=O)N1C(=O)Cc2cc(N3CCC(CO)CC3)[c]cc21. The number of aliphatic hydroxyl groups excluding tert-OH is 1. The molecule has 1 saturated heterocycles. The predicted octanol–water partition coefficient (Wildman–Crippen LogP) is 0.663. The fourth-order valence-corrected chi connectivity index (χ4v) is 3.02. The van der Waals surface area contributed by atoms with E-state index < -0.39 is 6.03 Å². The van der Waals surface area contributed by atoms with Gasteiger partial charge in [0.15, 0.2) is 0 Å². The Balaban J connectivity index is 1.80. The molecule has 0 aromatic heterocycles. The van der Waals surface area contributed by atoms with Gasteiger partial charge in [-0.1, -0.05) is 0 Å². The summed E-state index contributed by atoms with van der Waals surface area (Å²) in [5.74, 6) is 0.0876. The zero-order chi connectivity index (χ0) is 15.0. The van der Waals surface area contributed by atoms with Gasteiger partial charge >= 0.3 is 6.03 Å². The Kier molecular flexibility index (Phi) is 3.55. The number of aliphatic hydroxyl groups is 1. The average Bonchev–Trinajstić information content (AvgIpc) is 2.82. The van der Waals surface area contributed by atoms with Gasteiger partial charge in [-0.15, -0.1) is 0 Å². The van der Waals surface area contributed by atoms with E-state index in [2.05, 4.69) is 11.0 Å². The molecule has 0 bridgehead atoms. The summed E-state index contributed by atoms with van der Waals surface area (Å²) in [6, 6.07) is 5.97. The number of nitrogens with zero attached hydrogens (tertiary/aromatic N) is 2. The van der Waals surface area contributed by atoms with Gasteiger partial charge in [0.2, 0.25) is 5.91 Å². The van der Waals surface area contributed by atoms with Crippen molar-refractivity contribution in [2.45, 2.75) is 19.3 Å². The molecule has 6 nitrogen and oxygen atoms in total. The molecule has 6 heteroatoms. The second-order valence-corrected chi connectivity index (χ2v) is 5.59. The van der Waals surface area contributed by atoms with Crippen LogP contribution in [0, 0.1) is 12.0 Å². The molecule has 111 valence electrons. The molecule has 1 fully saturated rings. The van der Waals surface area contributed by atoms with Gasteiger partial charge < -0.3 is 15.7 Å². The highest BCUT2D eigenvalue weighted by atomic mass is 16.3. The highest BCUT2D eigenvalue weighted by Crippen LogP contribution is 2.33. The number of carbonyl (C=O) groups is 2. The Hall–Kier alpha value is -2.08. The highest BCUT2D eigenvalue weighted by molar-refractivity contribution is 6.18. The summed E-state index contributed by atoms with van der Waals surface area (Å²) in [7, 11) is 0. The lowest BCUT2D eigenvalue weighted by Gasteiger charge is -2.33. The standard InChI is InChI=1S/C15H18N3O3/c16-15(21)18-13-2-1-12(7-11(13)8-14(18)20)17-5-3-10(9-19)4-6-17/h2,7,10,19H,3-6,8-9H2,(H2,16,21). The number of anilines is 2. The first-order chi connectivity index (χ1) is 10.1. The third-order valence-corrected chi connectivity index (χ3v) is 4.26. The Morgan fingerprint density at radius 1 is 1.43 bits per heavy atom. The van der Waals surface area contributed by atoms with Crippen molar-refractivity contribution in [3.05, 3.63) is 23.8 Å². The minimum absolute atomic E-state index is 0.201. The molecule has 3 amide bonds. The molecule has 0 unspecified atom stereocenters. The summed E-state index contributed by atoms with van der Waals surface area (Å²) in [5, 5.41) is 9.17. The van der Waals surface area contributed by atoms with Crippen molar-refractivity contribution in [1.82, 2.24) is 0 Å². The number of hydrogen-bond acceptors (Lipinski definition) is 4. The maximum Gasteiger partial charge on any atom is 0.326 e. The number of imide groups is 1. The summed E-state index contributed by atoms with van der Waals surface area (Å²) in [4.78, 5) is 26.3. The Morgan fingerprint density at radius 3 is 2.76 bits per heavy atom. The van der Waals surface area contributed by atoms with Crippen LogP contribution in [0.3, 0.4) is 0 Å². The molecule has 1 aromatic rings. The Labute approximate surface area is 123 Å². The summed E-state index contributed by atoms with van der Waals surface area (Å²) in [6.07, 6.45) is 2.11. The summed E-state index contributed by atoms with van der Waals surface area (Å²) < 4.78 is 0. The molecule has 0 aliphatic carbocycles. The van der Waals surface area contributed by atoms with E-state index in [9.17, 15) is 14.7 Å². The topological polar surface area (TPSA) is 86.9 Å². The van der Waals surface area contributed by atoms with E-state index in [4.69, 9.17) is 5.73 Å². The first kappa shape index (κ1) is 13.9. The largest absolute Gasteiger partial charge is 0.396 e. The van der Waals surface area contributed by atoms with Crippen LogP contribution in [0.25, 0.3) is 0 Å². The first-order valence-corrected chi connectivity index (χ1v) is 7.13. The van der Waals surface area contributed by atoms with Gasteiger partial charge in [0.1, 0.15) is 0 Å². The minimum Gasteiger partial charge on any atom is -0.396 e. The van der Waals surface area contributed by atoms with Gasteiger partial charge in [0.25, 0.3) is 0 Å². The van der Waals surface area contributed by atoms with Crippen LogP contribution >= 0.6 is 0 Å². The molecule has 0 atom stereocenters. The van der Waals surface area contributed by atoms with Crippen molar-refractivity contribution < 1.29 is 14.7 Å². The van der Waals surface area contributed by atoms with Crippen molar-refractivity contribution in [3.63, 3.8) is 0 Å². The van der Waals surface area contributed by atoms with Gasteiger partial charge in [-0.05, 0) is 36.5 Å². The van der Waals surface area contributed by atoms with E-state index in [1.165, 1.54) is 0 Å². The van der Waals surface area contributed by atoms with Gasteiger partial charge in [0.05, 0.1) is 12.1 Å². The van der Waals surface area contributed by atoms with Crippen LogP contribution in [-0.2, 0) is 11.2 Å². The molecule has 2 aliphatic rings. The van der Waals surface area contributed by atoms with Crippen LogP contribution in [0.1, 0.15) is 18.4 Å². The number of carbonyl (C=O) groups excluding carboxylic acids is 2. The molecular weight excluding hydrogens is 270 g/mol. The number of fused-ring (bicyclic) bond motifs is 1. The number of piperidine rings is 1. The van der Waals surface area contributed by atoms with Crippen molar-refractivity contribution in [2.75, 3.05) is 29.5 Å². The number of rotatable bonds is 2. The van der Waals surface area contributed by atoms with E-state index in [1.54, 1.807) is 6.07 Å². The van der Waals surface area contributed by atoms with Crippen LogP contribution in [0.15, 0.2) is 12.1 Å². The van der Waals surface area contributed by atoms with E-state index in [0.29, 0.717) is 11.6 Å². The van der Waals surface area contributed by atoms with E-state index >= 15 is 0 Å². The summed E-state index contributed by atoms with van der Waals surface area (Å²) in [6.45, 7) is 1.98. The number of hydrogen-bond donors (Lipinski definition) is 2. The maximum absolute atomic E-state index is 11.8. The molecular formula is C15H18N3O3. The third-order valence-electron chi connectivity index (χ3n) is 4.26. The van der Waals surface area contributed by atoms with Gasteiger partial charge in [-0.25, -0.2) is 9.69 Å². The van der Waals surface area contributed by atoms with Crippen molar-refractivity contribution in [2.24, 2.45) is 11.7 Å². The zero-order valence-electron chi connectivity index (χ0n) is 11.7. The number of nitrogens with two attached hydrogens (primary N) is 1. The molecule has 0 saturated carbocycles. The Morgan fingerprint density at radius 2 is 2.14 bits per heavy atom. The molecule has 3 rings (SSSR count). The van der Waals surface area contributed by atoms with Crippen LogP contribution in [0.5, 0.6) is 0 Å². The lowest BCUT2D eigenvalue weighted by Crippen LogP contribution is -2.38. The minimum atomic E-state index is -0.747. The molecule has 2 heterocycles. The van der Waals surface area contributed by atoms with E-state index in [0.717, 1.165) is 42.1 Å². The van der Waals surface area contributed by atoms with Crippen LogP contribution in [0.2, 0.25) is 0 Å². The first-order valence-electron chi connectivity index (χ1n) is 7.13. The van der Waals surface area contributed by atoms with Gasteiger partial charge in [-0.3, -0.25) is 4.79 Å². The number of urea groups is 1. The lowest BCUT2D eigenvalue weighted by atomic mass is 9.97. The monoisotopic (exact) mass is 288 g/mol. The maximum atomic E-state index is 11.8. The molecule has 0 spiro atoms. The molecule has 2 aliphatic heterocycles. The lowest BCUT2D eigenvalue weighted by molar-refractivity contribution is -0.116.